The first-order valence-corrected chi connectivity index (χ1v) is 7.46. The first-order valence-electron chi connectivity index (χ1n) is 7.46. The van der Waals surface area contributed by atoms with Crippen molar-refractivity contribution in [3.05, 3.63) is 30.3 Å². The normalized spacial score (nSPS) is 22.1. The number of nitrogens with zero attached hydrogens (tertiary/aromatic N) is 1. The number of benzene rings is 1. The number of hydrogen-bond donors (Lipinski definition) is 1. The molecule has 0 bridgehead atoms. The quantitative estimate of drug-likeness (QED) is 0.865. The van der Waals surface area contributed by atoms with E-state index in [4.69, 9.17) is 4.74 Å². The van der Waals surface area contributed by atoms with Gasteiger partial charge in [0.2, 0.25) is 11.8 Å². The number of piperazine rings is 1. The monoisotopic (exact) mass is 290 g/mol. The summed E-state index contributed by atoms with van der Waals surface area (Å²) in [5, 5.41) is 2.78. The maximum atomic E-state index is 12.4. The van der Waals surface area contributed by atoms with Crippen molar-refractivity contribution < 1.29 is 14.3 Å². The highest BCUT2D eigenvalue weighted by atomic mass is 16.5. The number of amides is 2. The molecule has 2 unspecified atom stereocenters. The number of ether oxygens (including phenoxy) is 1. The third kappa shape index (κ3) is 3.54. The average Bonchev–Trinajstić information content (AvgIpc) is 2.51. The molecule has 2 atom stereocenters. The molecule has 5 heteroatoms. The molecule has 0 radical (unpaired) electrons. The third-order valence-corrected chi connectivity index (χ3v) is 3.72. The van der Waals surface area contributed by atoms with Crippen LogP contribution in [-0.2, 0) is 9.59 Å². The maximum Gasteiger partial charge on any atom is 0.245 e. The first-order chi connectivity index (χ1) is 10.2. The van der Waals surface area contributed by atoms with E-state index in [1.165, 1.54) is 0 Å². The molecular weight excluding hydrogens is 268 g/mol. The Labute approximate surface area is 125 Å². The van der Waals surface area contributed by atoms with E-state index in [1.54, 1.807) is 4.90 Å². The lowest BCUT2D eigenvalue weighted by atomic mass is 10.0. The van der Waals surface area contributed by atoms with Gasteiger partial charge in [0.1, 0.15) is 24.4 Å². The predicted octanol–water partition coefficient (Wildman–Crippen LogP) is 1.58. The highest BCUT2D eigenvalue weighted by Gasteiger charge is 2.38. The van der Waals surface area contributed by atoms with E-state index < -0.39 is 6.04 Å². The number of rotatable bonds is 6. The van der Waals surface area contributed by atoms with Crippen LogP contribution < -0.4 is 10.1 Å². The number of para-hydroxylation sites is 1. The summed E-state index contributed by atoms with van der Waals surface area (Å²) in [6.45, 7) is 4.62. The predicted molar refractivity (Wildman–Crippen MR) is 80.0 cm³/mol. The van der Waals surface area contributed by atoms with Crippen LogP contribution in [0.2, 0.25) is 0 Å². The van der Waals surface area contributed by atoms with Crippen LogP contribution in [0.25, 0.3) is 0 Å². The molecular formula is C16H22N2O3. The van der Waals surface area contributed by atoms with Gasteiger partial charge in [0, 0.05) is 0 Å². The Balaban J connectivity index is 1.97. The largest absolute Gasteiger partial charge is 0.492 e. The van der Waals surface area contributed by atoms with Gasteiger partial charge in [-0.1, -0.05) is 32.0 Å². The van der Waals surface area contributed by atoms with Crippen LogP contribution in [0.1, 0.15) is 26.7 Å². The molecule has 0 saturated carbocycles. The summed E-state index contributed by atoms with van der Waals surface area (Å²) >= 11 is 0. The van der Waals surface area contributed by atoms with Gasteiger partial charge >= 0.3 is 0 Å². The van der Waals surface area contributed by atoms with Gasteiger partial charge in [-0.25, -0.2) is 0 Å². The summed E-state index contributed by atoms with van der Waals surface area (Å²) in [4.78, 5) is 26.1. The van der Waals surface area contributed by atoms with Crippen molar-refractivity contribution in [1.82, 2.24) is 10.2 Å². The van der Waals surface area contributed by atoms with Crippen molar-refractivity contribution in [2.24, 2.45) is 0 Å². The fourth-order valence-corrected chi connectivity index (χ4v) is 2.55. The van der Waals surface area contributed by atoms with Crippen LogP contribution in [-0.4, -0.2) is 41.9 Å². The van der Waals surface area contributed by atoms with E-state index in [9.17, 15) is 9.59 Å². The van der Waals surface area contributed by atoms with Crippen molar-refractivity contribution in [2.45, 2.75) is 38.8 Å². The third-order valence-electron chi connectivity index (χ3n) is 3.72. The summed E-state index contributed by atoms with van der Waals surface area (Å²) in [6.07, 6.45) is 1.22. The molecule has 0 aromatic heterocycles. The minimum atomic E-state index is -0.406. The highest BCUT2D eigenvalue weighted by molar-refractivity contribution is 5.96. The zero-order valence-corrected chi connectivity index (χ0v) is 12.5. The fraction of sp³-hybridized carbons (Fsp3) is 0.500. The first kappa shape index (κ1) is 15.4. The summed E-state index contributed by atoms with van der Waals surface area (Å²) < 4.78 is 5.63. The SMILES string of the molecule is CCC1NC(=O)C(CC)N(CCOc2ccccc2)C1=O. The molecule has 0 spiro atoms. The average molecular weight is 290 g/mol. The van der Waals surface area contributed by atoms with Gasteiger partial charge in [0.05, 0.1) is 6.54 Å². The number of carbonyl (C=O) groups excluding carboxylic acids is 2. The molecule has 5 nitrogen and oxygen atoms in total. The Morgan fingerprint density at radius 1 is 1.14 bits per heavy atom. The van der Waals surface area contributed by atoms with E-state index >= 15 is 0 Å². The Bertz CT molecular complexity index is 490. The lowest BCUT2D eigenvalue weighted by molar-refractivity contribution is -0.149. The molecule has 1 aromatic carbocycles. The zero-order valence-electron chi connectivity index (χ0n) is 12.5. The van der Waals surface area contributed by atoms with Crippen LogP contribution in [0.4, 0.5) is 0 Å². The van der Waals surface area contributed by atoms with Crippen LogP contribution in [0, 0.1) is 0 Å². The Morgan fingerprint density at radius 3 is 2.48 bits per heavy atom. The summed E-state index contributed by atoms with van der Waals surface area (Å²) in [6, 6.07) is 8.67. The summed E-state index contributed by atoms with van der Waals surface area (Å²) in [5.41, 5.74) is 0. The second-order valence-corrected chi connectivity index (χ2v) is 5.09. The Morgan fingerprint density at radius 2 is 1.86 bits per heavy atom. The summed E-state index contributed by atoms with van der Waals surface area (Å²) in [7, 11) is 0. The highest BCUT2D eigenvalue weighted by Crippen LogP contribution is 2.15. The van der Waals surface area contributed by atoms with E-state index in [1.807, 2.05) is 44.2 Å². The smallest absolute Gasteiger partial charge is 0.245 e. The van der Waals surface area contributed by atoms with Gasteiger partial charge in [0.25, 0.3) is 0 Å². The van der Waals surface area contributed by atoms with Crippen molar-refractivity contribution >= 4 is 11.8 Å². The second kappa shape index (κ2) is 7.11. The molecule has 1 saturated heterocycles. The van der Waals surface area contributed by atoms with Gasteiger partial charge in [0.15, 0.2) is 0 Å². The van der Waals surface area contributed by atoms with Gasteiger partial charge in [-0.2, -0.15) is 0 Å². The van der Waals surface area contributed by atoms with Gasteiger partial charge in [-0.15, -0.1) is 0 Å². The molecule has 1 aromatic rings. The van der Waals surface area contributed by atoms with E-state index in [-0.39, 0.29) is 17.9 Å². The Hall–Kier alpha value is -2.04. The minimum absolute atomic E-state index is 0.0133. The van der Waals surface area contributed by atoms with E-state index in [2.05, 4.69) is 5.32 Å². The maximum absolute atomic E-state index is 12.4. The standard InChI is InChI=1S/C16H22N2O3/c1-3-13-16(20)18(14(4-2)15(19)17-13)10-11-21-12-8-6-5-7-9-12/h5-9,13-14H,3-4,10-11H2,1-2H3,(H,17,19). The topological polar surface area (TPSA) is 58.6 Å². The summed E-state index contributed by atoms with van der Waals surface area (Å²) in [5.74, 6) is 0.691. The van der Waals surface area contributed by atoms with Crippen molar-refractivity contribution in [1.29, 1.82) is 0 Å². The molecule has 114 valence electrons. The number of hydrogen-bond acceptors (Lipinski definition) is 3. The van der Waals surface area contributed by atoms with Crippen LogP contribution in [0.15, 0.2) is 30.3 Å². The molecule has 1 fully saturated rings. The fourth-order valence-electron chi connectivity index (χ4n) is 2.55. The van der Waals surface area contributed by atoms with Crippen LogP contribution in [0.5, 0.6) is 5.75 Å². The molecule has 1 heterocycles. The molecule has 0 aliphatic carbocycles. The van der Waals surface area contributed by atoms with Crippen LogP contribution >= 0.6 is 0 Å². The van der Waals surface area contributed by atoms with E-state index in [0.717, 1.165) is 5.75 Å². The lowest BCUT2D eigenvalue weighted by Crippen LogP contribution is -2.63. The van der Waals surface area contributed by atoms with E-state index in [0.29, 0.717) is 26.0 Å². The van der Waals surface area contributed by atoms with Crippen molar-refractivity contribution in [3.8, 4) is 5.75 Å². The van der Waals surface area contributed by atoms with Crippen LogP contribution in [0.3, 0.4) is 0 Å². The molecule has 1 N–H and O–H groups in total. The van der Waals surface area contributed by atoms with Crippen molar-refractivity contribution in [3.63, 3.8) is 0 Å². The number of carbonyl (C=O) groups is 2. The number of nitrogens with one attached hydrogen (secondary N) is 1. The second-order valence-electron chi connectivity index (χ2n) is 5.09. The molecule has 1 aliphatic heterocycles. The Kier molecular flexibility index (Phi) is 5.20. The van der Waals surface area contributed by atoms with Gasteiger partial charge in [-0.05, 0) is 25.0 Å². The zero-order chi connectivity index (χ0) is 15.2. The molecule has 1 aliphatic rings. The molecule has 2 rings (SSSR count). The van der Waals surface area contributed by atoms with Gasteiger partial charge in [-0.3, -0.25) is 9.59 Å². The molecule has 21 heavy (non-hydrogen) atoms. The minimum Gasteiger partial charge on any atom is -0.492 e. The molecule has 2 amide bonds. The van der Waals surface area contributed by atoms with Gasteiger partial charge < -0.3 is 15.0 Å². The lowest BCUT2D eigenvalue weighted by Gasteiger charge is -2.38. The van der Waals surface area contributed by atoms with Crippen molar-refractivity contribution in [2.75, 3.05) is 13.2 Å².